The minimum atomic E-state index is -4.29. The van der Waals surface area contributed by atoms with Crippen molar-refractivity contribution in [2.24, 2.45) is 0 Å². The Kier molecular flexibility index (Phi) is 4.95. The molecule has 0 amide bonds. The maximum absolute atomic E-state index is 11.7. The summed E-state index contributed by atoms with van der Waals surface area (Å²) in [5, 5.41) is 1.79. The van der Waals surface area contributed by atoms with Crippen LogP contribution in [0.4, 0.5) is 13.2 Å². The lowest BCUT2D eigenvalue weighted by Gasteiger charge is -2.06. The molecule has 0 N–H and O–H groups in total. The van der Waals surface area contributed by atoms with E-state index in [0.29, 0.717) is 11.3 Å². The average molecular weight is 252 g/mol. The van der Waals surface area contributed by atoms with Gasteiger partial charge in [0.15, 0.2) is 5.78 Å². The number of thiophene rings is 1. The number of rotatable bonds is 6. The highest BCUT2D eigenvalue weighted by Crippen LogP contribution is 2.15. The quantitative estimate of drug-likeness (QED) is 0.573. The lowest BCUT2D eigenvalue weighted by Crippen LogP contribution is -2.17. The molecule has 6 heteroatoms. The first-order valence-electron chi connectivity index (χ1n) is 4.70. The molecule has 0 bridgehead atoms. The van der Waals surface area contributed by atoms with Crippen LogP contribution in [0.25, 0.3) is 0 Å². The van der Waals surface area contributed by atoms with Crippen molar-refractivity contribution >= 4 is 17.1 Å². The van der Waals surface area contributed by atoms with Crippen molar-refractivity contribution in [3.63, 3.8) is 0 Å². The SMILES string of the molecule is O=C(CCCOCC(F)(F)F)c1cccs1. The molecule has 0 saturated heterocycles. The summed E-state index contributed by atoms with van der Waals surface area (Å²) >= 11 is 1.33. The van der Waals surface area contributed by atoms with Gasteiger partial charge in [0.25, 0.3) is 0 Å². The Morgan fingerprint density at radius 2 is 2.19 bits per heavy atom. The van der Waals surface area contributed by atoms with Gasteiger partial charge in [-0.3, -0.25) is 4.79 Å². The highest BCUT2D eigenvalue weighted by atomic mass is 32.1. The summed E-state index contributed by atoms with van der Waals surface area (Å²) in [6.45, 7) is -1.29. The largest absolute Gasteiger partial charge is 0.411 e. The topological polar surface area (TPSA) is 26.3 Å². The van der Waals surface area contributed by atoms with E-state index in [9.17, 15) is 18.0 Å². The number of halogens is 3. The summed E-state index contributed by atoms with van der Waals surface area (Å²) in [4.78, 5) is 12.0. The van der Waals surface area contributed by atoms with Crippen molar-refractivity contribution in [2.75, 3.05) is 13.2 Å². The van der Waals surface area contributed by atoms with Crippen LogP contribution < -0.4 is 0 Å². The van der Waals surface area contributed by atoms with E-state index in [1.165, 1.54) is 11.3 Å². The maximum atomic E-state index is 11.7. The van der Waals surface area contributed by atoms with Gasteiger partial charge < -0.3 is 4.74 Å². The van der Waals surface area contributed by atoms with Gasteiger partial charge in [0.05, 0.1) is 4.88 Å². The van der Waals surface area contributed by atoms with Gasteiger partial charge in [-0.1, -0.05) is 6.07 Å². The fourth-order valence-electron chi connectivity index (χ4n) is 1.08. The molecular weight excluding hydrogens is 241 g/mol. The van der Waals surface area contributed by atoms with Crippen LogP contribution in [0.2, 0.25) is 0 Å². The molecule has 1 aromatic heterocycles. The van der Waals surface area contributed by atoms with Gasteiger partial charge in [0, 0.05) is 13.0 Å². The Morgan fingerprint density at radius 1 is 1.44 bits per heavy atom. The molecule has 0 aliphatic carbocycles. The summed E-state index contributed by atoms with van der Waals surface area (Å²) in [6.07, 6.45) is -3.76. The summed E-state index contributed by atoms with van der Waals surface area (Å²) in [6, 6.07) is 3.46. The summed E-state index contributed by atoms with van der Waals surface area (Å²) in [5.74, 6) is -0.0504. The van der Waals surface area contributed by atoms with Gasteiger partial charge in [-0.25, -0.2) is 0 Å². The highest BCUT2D eigenvalue weighted by molar-refractivity contribution is 7.12. The van der Waals surface area contributed by atoms with Crippen LogP contribution >= 0.6 is 11.3 Å². The number of Topliss-reactive ketones (excluding diaryl/α,β-unsaturated/α-hetero) is 1. The van der Waals surface area contributed by atoms with E-state index in [-0.39, 0.29) is 18.8 Å². The number of ether oxygens (including phenoxy) is 1. The van der Waals surface area contributed by atoms with E-state index in [0.717, 1.165) is 0 Å². The average Bonchev–Trinajstić information content (AvgIpc) is 2.67. The third-order valence-electron chi connectivity index (χ3n) is 1.75. The molecule has 1 aromatic rings. The lowest BCUT2D eigenvalue weighted by atomic mass is 10.2. The lowest BCUT2D eigenvalue weighted by molar-refractivity contribution is -0.173. The first-order chi connectivity index (χ1) is 7.49. The Hall–Kier alpha value is -0.880. The van der Waals surface area contributed by atoms with Crippen molar-refractivity contribution in [1.82, 2.24) is 0 Å². The van der Waals surface area contributed by atoms with Gasteiger partial charge in [-0.05, 0) is 17.9 Å². The molecule has 0 fully saturated rings. The number of alkyl halides is 3. The molecule has 0 saturated carbocycles. The normalized spacial score (nSPS) is 11.7. The number of hydrogen-bond donors (Lipinski definition) is 0. The van der Waals surface area contributed by atoms with E-state index in [4.69, 9.17) is 0 Å². The van der Waals surface area contributed by atoms with Crippen LogP contribution in [-0.2, 0) is 4.74 Å². The Balaban J connectivity index is 2.10. The predicted octanol–water partition coefficient (Wildman–Crippen LogP) is 3.29. The molecule has 0 unspecified atom stereocenters. The number of carbonyl (C=O) groups is 1. The van der Waals surface area contributed by atoms with Gasteiger partial charge in [-0.15, -0.1) is 11.3 Å². The summed E-state index contributed by atoms with van der Waals surface area (Å²) in [5.41, 5.74) is 0. The molecule has 2 nitrogen and oxygen atoms in total. The van der Waals surface area contributed by atoms with Crippen LogP contribution in [0.1, 0.15) is 22.5 Å². The molecule has 16 heavy (non-hydrogen) atoms. The van der Waals surface area contributed by atoms with Crippen LogP contribution in [-0.4, -0.2) is 25.2 Å². The van der Waals surface area contributed by atoms with E-state index in [1.807, 2.05) is 0 Å². The molecular formula is C10H11F3O2S. The van der Waals surface area contributed by atoms with E-state index < -0.39 is 12.8 Å². The second-order valence-corrected chi connectivity index (χ2v) is 4.12. The Labute approximate surface area is 95.0 Å². The zero-order valence-corrected chi connectivity index (χ0v) is 9.24. The second kappa shape index (κ2) is 6.00. The van der Waals surface area contributed by atoms with Crippen molar-refractivity contribution in [3.8, 4) is 0 Å². The standard InChI is InChI=1S/C10H11F3O2S/c11-10(12,13)7-15-5-1-3-8(14)9-4-2-6-16-9/h2,4,6H,1,3,5,7H2. The minimum absolute atomic E-state index is 0.0450. The van der Waals surface area contributed by atoms with Crippen LogP contribution in [0.15, 0.2) is 17.5 Å². The van der Waals surface area contributed by atoms with Crippen LogP contribution in [0, 0.1) is 0 Å². The number of hydrogen-bond acceptors (Lipinski definition) is 3. The fraction of sp³-hybridized carbons (Fsp3) is 0.500. The minimum Gasteiger partial charge on any atom is -0.372 e. The molecule has 0 atom stereocenters. The molecule has 0 aliphatic heterocycles. The number of carbonyl (C=O) groups excluding carboxylic acids is 1. The van der Waals surface area contributed by atoms with Gasteiger partial charge in [-0.2, -0.15) is 13.2 Å². The Morgan fingerprint density at radius 3 is 2.75 bits per heavy atom. The number of ketones is 1. The Bertz CT molecular complexity index is 319. The fourth-order valence-corrected chi connectivity index (χ4v) is 1.78. The van der Waals surface area contributed by atoms with Crippen molar-refractivity contribution in [3.05, 3.63) is 22.4 Å². The molecule has 90 valence electrons. The van der Waals surface area contributed by atoms with Crippen molar-refractivity contribution < 1.29 is 22.7 Å². The van der Waals surface area contributed by atoms with Crippen LogP contribution in [0.3, 0.4) is 0 Å². The van der Waals surface area contributed by atoms with Crippen LogP contribution in [0.5, 0.6) is 0 Å². The van der Waals surface area contributed by atoms with E-state index in [2.05, 4.69) is 4.74 Å². The van der Waals surface area contributed by atoms with Gasteiger partial charge in [0.1, 0.15) is 6.61 Å². The molecule has 0 aromatic carbocycles. The third kappa shape index (κ3) is 5.27. The zero-order valence-electron chi connectivity index (χ0n) is 8.42. The maximum Gasteiger partial charge on any atom is 0.411 e. The van der Waals surface area contributed by atoms with E-state index in [1.54, 1.807) is 17.5 Å². The van der Waals surface area contributed by atoms with Crippen molar-refractivity contribution in [2.45, 2.75) is 19.0 Å². The van der Waals surface area contributed by atoms with Gasteiger partial charge in [0.2, 0.25) is 0 Å². The smallest absolute Gasteiger partial charge is 0.372 e. The monoisotopic (exact) mass is 252 g/mol. The highest BCUT2D eigenvalue weighted by Gasteiger charge is 2.27. The predicted molar refractivity (Wildman–Crippen MR) is 54.8 cm³/mol. The summed E-state index contributed by atoms with van der Waals surface area (Å²) in [7, 11) is 0. The van der Waals surface area contributed by atoms with Gasteiger partial charge >= 0.3 is 6.18 Å². The first-order valence-corrected chi connectivity index (χ1v) is 5.58. The van der Waals surface area contributed by atoms with Crippen molar-refractivity contribution in [1.29, 1.82) is 0 Å². The summed E-state index contributed by atoms with van der Waals surface area (Å²) < 4.78 is 39.4. The molecule has 1 heterocycles. The molecule has 0 spiro atoms. The second-order valence-electron chi connectivity index (χ2n) is 3.17. The molecule has 1 rings (SSSR count). The molecule has 0 radical (unpaired) electrons. The third-order valence-corrected chi connectivity index (χ3v) is 2.67. The zero-order chi connectivity index (χ0) is 12.0. The van der Waals surface area contributed by atoms with E-state index >= 15 is 0 Å². The first kappa shape index (κ1) is 13.2. The molecule has 0 aliphatic rings.